The second-order valence-electron chi connectivity index (χ2n) is 7.42. The van der Waals surface area contributed by atoms with Gasteiger partial charge in [0.25, 0.3) is 0 Å². The predicted molar refractivity (Wildman–Crippen MR) is 107 cm³/mol. The SMILES string of the molecule is O=C(CNCC1CC1)Nc1ccc(CC(=O)N2CCc3ccccc32)cc1. The van der Waals surface area contributed by atoms with Crippen molar-refractivity contribution in [2.45, 2.75) is 25.7 Å². The maximum absolute atomic E-state index is 12.7. The average Bonchev–Trinajstić information content (AvgIpc) is 3.39. The Balaban J connectivity index is 1.28. The molecule has 0 bridgehead atoms. The van der Waals surface area contributed by atoms with Crippen LogP contribution in [-0.2, 0) is 22.4 Å². The first kappa shape index (κ1) is 17.7. The van der Waals surface area contributed by atoms with E-state index in [2.05, 4.69) is 16.7 Å². The lowest BCUT2D eigenvalue weighted by Crippen LogP contribution is -2.30. The minimum atomic E-state index is -0.0341. The molecule has 0 saturated heterocycles. The molecule has 1 fully saturated rings. The monoisotopic (exact) mass is 363 g/mol. The van der Waals surface area contributed by atoms with Gasteiger partial charge in [-0.3, -0.25) is 9.59 Å². The Morgan fingerprint density at radius 2 is 1.81 bits per heavy atom. The fraction of sp³-hybridized carbons (Fsp3) is 0.364. The molecule has 1 aliphatic carbocycles. The van der Waals surface area contributed by atoms with Gasteiger partial charge in [0.15, 0.2) is 0 Å². The van der Waals surface area contributed by atoms with Crippen molar-refractivity contribution < 1.29 is 9.59 Å². The molecule has 140 valence electrons. The summed E-state index contributed by atoms with van der Waals surface area (Å²) in [5.41, 5.74) is 3.98. The van der Waals surface area contributed by atoms with Gasteiger partial charge in [0.05, 0.1) is 13.0 Å². The van der Waals surface area contributed by atoms with E-state index in [9.17, 15) is 9.59 Å². The first-order chi connectivity index (χ1) is 13.2. The number of hydrogen-bond acceptors (Lipinski definition) is 3. The lowest BCUT2D eigenvalue weighted by atomic mass is 10.1. The van der Waals surface area contributed by atoms with Crippen LogP contribution in [0, 0.1) is 5.92 Å². The summed E-state index contributed by atoms with van der Waals surface area (Å²) >= 11 is 0. The van der Waals surface area contributed by atoms with Crippen molar-refractivity contribution in [2.75, 3.05) is 29.9 Å². The van der Waals surface area contributed by atoms with E-state index in [-0.39, 0.29) is 11.8 Å². The average molecular weight is 363 g/mol. The summed E-state index contributed by atoms with van der Waals surface area (Å²) in [5, 5.41) is 6.07. The summed E-state index contributed by atoms with van der Waals surface area (Å²) in [4.78, 5) is 26.5. The summed E-state index contributed by atoms with van der Waals surface area (Å²) in [5.74, 6) is 0.839. The molecular formula is C22H25N3O2. The second kappa shape index (κ2) is 7.92. The third-order valence-electron chi connectivity index (χ3n) is 5.20. The van der Waals surface area contributed by atoms with Gasteiger partial charge in [0.1, 0.15) is 0 Å². The molecule has 1 heterocycles. The number of carbonyl (C=O) groups is 2. The van der Waals surface area contributed by atoms with Crippen LogP contribution < -0.4 is 15.5 Å². The lowest BCUT2D eigenvalue weighted by Gasteiger charge is -2.17. The van der Waals surface area contributed by atoms with E-state index in [0.717, 1.165) is 42.4 Å². The van der Waals surface area contributed by atoms with E-state index < -0.39 is 0 Å². The highest BCUT2D eigenvalue weighted by atomic mass is 16.2. The normalized spacial score (nSPS) is 15.5. The molecule has 1 aliphatic heterocycles. The highest BCUT2D eigenvalue weighted by Gasteiger charge is 2.24. The Labute approximate surface area is 159 Å². The second-order valence-corrected chi connectivity index (χ2v) is 7.42. The molecule has 2 aromatic carbocycles. The van der Waals surface area contributed by atoms with Crippen molar-refractivity contribution in [3.05, 3.63) is 59.7 Å². The zero-order valence-electron chi connectivity index (χ0n) is 15.4. The molecule has 0 aromatic heterocycles. The van der Waals surface area contributed by atoms with E-state index in [4.69, 9.17) is 0 Å². The standard InChI is InChI=1S/C22H25N3O2/c26-21(15-23-14-17-5-6-17)24-19-9-7-16(8-10-19)13-22(27)25-12-11-18-3-1-2-4-20(18)25/h1-4,7-10,17,23H,5-6,11-15H2,(H,24,26). The minimum absolute atomic E-state index is 0.0341. The van der Waals surface area contributed by atoms with Gasteiger partial charge in [-0.2, -0.15) is 0 Å². The van der Waals surface area contributed by atoms with E-state index in [1.165, 1.54) is 18.4 Å². The molecule has 0 radical (unpaired) electrons. The molecule has 1 saturated carbocycles. The first-order valence-corrected chi connectivity index (χ1v) is 9.67. The quantitative estimate of drug-likeness (QED) is 0.795. The molecule has 2 aromatic rings. The maximum atomic E-state index is 12.7. The molecule has 0 spiro atoms. The van der Waals surface area contributed by atoms with Crippen LogP contribution in [0.15, 0.2) is 48.5 Å². The first-order valence-electron chi connectivity index (χ1n) is 9.67. The van der Waals surface area contributed by atoms with Crippen molar-refractivity contribution in [2.24, 2.45) is 5.92 Å². The molecule has 5 heteroatoms. The van der Waals surface area contributed by atoms with E-state index in [0.29, 0.717) is 13.0 Å². The van der Waals surface area contributed by atoms with Gasteiger partial charge in [0.2, 0.25) is 11.8 Å². The van der Waals surface area contributed by atoms with Gasteiger partial charge >= 0.3 is 0 Å². The van der Waals surface area contributed by atoms with Crippen molar-refractivity contribution >= 4 is 23.2 Å². The number of nitrogens with one attached hydrogen (secondary N) is 2. The number of benzene rings is 2. The Bertz CT molecular complexity index is 828. The maximum Gasteiger partial charge on any atom is 0.238 e. The van der Waals surface area contributed by atoms with Crippen molar-refractivity contribution in [1.82, 2.24) is 5.32 Å². The fourth-order valence-electron chi connectivity index (χ4n) is 3.49. The van der Waals surface area contributed by atoms with Crippen LogP contribution in [0.1, 0.15) is 24.0 Å². The van der Waals surface area contributed by atoms with Crippen LogP contribution in [0.4, 0.5) is 11.4 Å². The third-order valence-corrected chi connectivity index (χ3v) is 5.20. The zero-order valence-corrected chi connectivity index (χ0v) is 15.4. The number of rotatable bonds is 7. The third kappa shape index (κ3) is 4.55. The highest BCUT2D eigenvalue weighted by Crippen LogP contribution is 2.28. The number of fused-ring (bicyclic) bond motifs is 1. The van der Waals surface area contributed by atoms with Gasteiger partial charge in [-0.05, 0) is 61.1 Å². The molecule has 0 unspecified atom stereocenters. The molecule has 2 amide bonds. The van der Waals surface area contributed by atoms with Crippen molar-refractivity contribution in [3.63, 3.8) is 0 Å². The van der Waals surface area contributed by atoms with Crippen LogP contribution >= 0.6 is 0 Å². The molecule has 4 rings (SSSR count). The predicted octanol–water partition coefficient (Wildman–Crippen LogP) is 2.76. The van der Waals surface area contributed by atoms with Gasteiger partial charge in [0, 0.05) is 17.9 Å². The van der Waals surface area contributed by atoms with Gasteiger partial charge in [-0.1, -0.05) is 30.3 Å². The topological polar surface area (TPSA) is 61.4 Å². The summed E-state index contributed by atoms with van der Waals surface area (Å²) in [6.45, 7) is 2.01. The van der Waals surface area contributed by atoms with Crippen molar-refractivity contribution in [1.29, 1.82) is 0 Å². The number of amides is 2. The molecule has 27 heavy (non-hydrogen) atoms. The summed E-state index contributed by atoms with van der Waals surface area (Å²) in [6, 6.07) is 15.6. The highest BCUT2D eigenvalue weighted by molar-refractivity contribution is 5.97. The lowest BCUT2D eigenvalue weighted by molar-refractivity contribution is -0.118. The smallest absolute Gasteiger partial charge is 0.238 e. The van der Waals surface area contributed by atoms with Crippen LogP contribution in [0.25, 0.3) is 0 Å². The van der Waals surface area contributed by atoms with Crippen LogP contribution in [0.2, 0.25) is 0 Å². The Morgan fingerprint density at radius 1 is 1.04 bits per heavy atom. The number of carbonyl (C=O) groups excluding carboxylic acids is 2. The molecule has 2 aliphatic rings. The summed E-state index contributed by atoms with van der Waals surface area (Å²) in [7, 11) is 0. The Hall–Kier alpha value is -2.66. The molecule has 0 atom stereocenters. The summed E-state index contributed by atoms with van der Waals surface area (Å²) < 4.78 is 0. The van der Waals surface area contributed by atoms with Crippen LogP contribution in [0.3, 0.4) is 0 Å². The van der Waals surface area contributed by atoms with E-state index in [1.807, 2.05) is 47.4 Å². The van der Waals surface area contributed by atoms with Gasteiger partial charge < -0.3 is 15.5 Å². The van der Waals surface area contributed by atoms with Crippen LogP contribution in [-0.4, -0.2) is 31.4 Å². The van der Waals surface area contributed by atoms with Gasteiger partial charge in [-0.15, -0.1) is 0 Å². The summed E-state index contributed by atoms with van der Waals surface area (Å²) in [6.07, 6.45) is 3.84. The molecular weight excluding hydrogens is 338 g/mol. The number of anilines is 2. The Morgan fingerprint density at radius 3 is 2.59 bits per heavy atom. The number of para-hydroxylation sites is 1. The minimum Gasteiger partial charge on any atom is -0.325 e. The fourth-order valence-corrected chi connectivity index (χ4v) is 3.49. The van der Waals surface area contributed by atoms with Gasteiger partial charge in [-0.25, -0.2) is 0 Å². The molecule has 5 nitrogen and oxygen atoms in total. The number of nitrogens with zero attached hydrogens (tertiary/aromatic N) is 1. The molecule has 2 N–H and O–H groups in total. The van der Waals surface area contributed by atoms with E-state index >= 15 is 0 Å². The van der Waals surface area contributed by atoms with Crippen molar-refractivity contribution in [3.8, 4) is 0 Å². The largest absolute Gasteiger partial charge is 0.325 e. The number of hydrogen-bond donors (Lipinski definition) is 2. The van der Waals surface area contributed by atoms with Crippen LogP contribution in [0.5, 0.6) is 0 Å². The zero-order chi connectivity index (χ0) is 18.6. The Kier molecular flexibility index (Phi) is 5.21. The van der Waals surface area contributed by atoms with E-state index in [1.54, 1.807) is 0 Å².